The number of aromatic nitrogens is 1. The minimum Gasteiger partial charge on any atom is -0.444 e. The predicted molar refractivity (Wildman–Crippen MR) is 156 cm³/mol. The van der Waals surface area contributed by atoms with Crippen molar-refractivity contribution in [3.8, 4) is 0 Å². The molecule has 0 bridgehead atoms. The van der Waals surface area contributed by atoms with Gasteiger partial charge in [0.05, 0.1) is 12.5 Å². The van der Waals surface area contributed by atoms with E-state index in [1.807, 2.05) is 30.5 Å². The van der Waals surface area contributed by atoms with Gasteiger partial charge in [-0.1, -0.05) is 31.2 Å². The molecule has 1 aromatic carbocycles. The number of fused-ring (bicyclic) bond motifs is 1. The maximum atomic E-state index is 12.9. The van der Waals surface area contributed by atoms with Gasteiger partial charge in [0, 0.05) is 61.6 Å². The van der Waals surface area contributed by atoms with Crippen LogP contribution in [0.1, 0.15) is 71.3 Å². The summed E-state index contributed by atoms with van der Waals surface area (Å²) in [5, 5.41) is 10.4. The zero-order valence-corrected chi connectivity index (χ0v) is 24.5. The topological polar surface area (TPSA) is 159 Å². The van der Waals surface area contributed by atoms with Crippen LogP contribution in [0.25, 0.3) is 10.9 Å². The molecule has 2 aromatic rings. The lowest BCUT2D eigenvalue weighted by molar-refractivity contribution is -0.197. The summed E-state index contributed by atoms with van der Waals surface area (Å²) >= 11 is 0. The number of aromatic amines is 1. The highest BCUT2D eigenvalue weighted by molar-refractivity contribution is 6.01. The number of carbonyl (C=O) groups excluding carboxylic acids is 5. The highest BCUT2D eigenvalue weighted by atomic mass is 16.7. The Bertz CT molecular complexity index is 1280. The molecular formula is C30H41N5O7. The van der Waals surface area contributed by atoms with Crippen molar-refractivity contribution >= 4 is 40.7 Å². The van der Waals surface area contributed by atoms with E-state index in [4.69, 9.17) is 9.57 Å². The van der Waals surface area contributed by atoms with E-state index in [9.17, 15) is 24.0 Å². The molecule has 0 saturated carbocycles. The molecule has 1 aromatic heterocycles. The Labute approximate surface area is 245 Å². The second-order valence-electron chi connectivity index (χ2n) is 11.2. The molecule has 0 radical (unpaired) electrons. The molecular weight excluding hydrogens is 542 g/mol. The average molecular weight is 584 g/mol. The second-order valence-corrected chi connectivity index (χ2v) is 11.2. The van der Waals surface area contributed by atoms with E-state index in [-0.39, 0.29) is 31.7 Å². The fourth-order valence-electron chi connectivity index (χ4n) is 4.39. The van der Waals surface area contributed by atoms with Gasteiger partial charge in [-0.05, 0) is 45.2 Å². The van der Waals surface area contributed by atoms with E-state index in [0.29, 0.717) is 43.0 Å². The summed E-state index contributed by atoms with van der Waals surface area (Å²) in [6.07, 6.45) is 4.25. The first-order chi connectivity index (χ1) is 19.9. The lowest BCUT2D eigenvalue weighted by Gasteiger charge is -2.22. The van der Waals surface area contributed by atoms with E-state index in [0.717, 1.165) is 22.9 Å². The molecule has 1 aliphatic heterocycles. The third kappa shape index (κ3) is 10.2. The quantitative estimate of drug-likeness (QED) is 0.183. The second kappa shape index (κ2) is 15.0. The van der Waals surface area contributed by atoms with Gasteiger partial charge in [-0.2, -0.15) is 0 Å². The standard InChI is InChI=1S/C30H41N5O7/c1-20(31-17-15-28(39)42-35-26(37)13-14-27(35)38)24(18-21-19-33-23-11-8-7-10-22(21)23)34-25(36)12-6-5-9-16-32-29(40)41-30(2,3)4/h7-8,10-11,19,24,31,33H,1,5-6,9,12-18H2,2-4H3,(H,32,40)(H,34,36). The maximum Gasteiger partial charge on any atom is 0.407 e. The highest BCUT2D eigenvalue weighted by Gasteiger charge is 2.32. The number of carbonyl (C=O) groups is 5. The van der Waals surface area contributed by atoms with Gasteiger partial charge in [0.15, 0.2) is 0 Å². The number of hydroxylamine groups is 2. The number of amides is 4. The molecule has 1 unspecified atom stereocenters. The third-order valence-corrected chi connectivity index (χ3v) is 6.48. The number of H-pyrrole nitrogens is 1. The van der Waals surface area contributed by atoms with Gasteiger partial charge < -0.3 is 30.5 Å². The van der Waals surface area contributed by atoms with Gasteiger partial charge in [0.25, 0.3) is 11.8 Å². The van der Waals surface area contributed by atoms with Gasteiger partial charge in [-0.3, -0.25) is 14.4 Å². The van der Waals surface area contributed by atoms with Crippen molar-refractivity contribution in [2.24, 2.45) is 0 Å². The number of hydrogen-bond acceptors (Lipinski definition) is 8. The Kier molecular flexibility index (Phi) is 11.5. The first-order valence-corrected chi connectivity index (χ1v) is 14.2. The number of nitrogens with one attached hydrogen (secondary N) is 4. The smallest absolute Gasteiger partial charge is 0.407 e. The van der Waals surface area contributed by atoms with Crippen LogP contribution in [-0.4, -0.2) is 64.6 Å². The molecule has 1 saturated heterocycles. The first-order valence-electron chi connectivity index (χ1n) is 14.2. The minimum atomic E-state index is -0.725. The lowest BCUT2D eigenvalue weighted by atomic mass is 10.0. The zero-order chi connectivity index (χ0) is 30.7. The molecule has 2 heterocycles. The molecule has 12 nitrogen and oxygen atoms in total. The summed E-state index contributed by atoms with van der Waals surface area (Å²) in [5.74, 6) is -1.94. The molecule has 12 heteroatoms. The van der Waals surface area contributed by atoms with Crippen LogP contribution in [0.15, 0.2) is 42.7 Å². The number of para-hydroxylation sites is 1. The van der Waals surface area contributed by atoms with Gasteiger partial charge >= 0.3 is 12.1 Å². The van der Waals surface area contributed by atoms with Crippen molar-refractivity contribution in [1.29, 1.82) is 0 Å². The number of alkyl carbamates (subject to hydrolysis) is 1. The Morgan fingerprint density at radius 2 is 1.71 bits per heavy atom. The van der Waals surface area contributed by atoms with Crippen LogP contribution in [0.2, 0.25) is 0 Å². The number of hydrogen-bond donors (Lipinski definition) is 4. The molecule has 1 aliphatic rings. The fourth-order valence-corrected chi connectivity index (χ4v) is 4.39. The normalized spacial score (nSPS) is 14.0. The van der Waals surface area contributed by atoms with Gasteiger partial charge in [0.1, 0.15) is 5.60 Å². The van der Waals surface area contributed by atoms with Crippen molar-refractivity contribution in [1.82, 2.24) is 26.0 Å². The SMILES string of the molecule is C=C(NCCC(=O)ON1C(=O)CCC1=O)C(Cc1c[nH]c2ccccc12)NC(=O)CCCCCNC(=O)OC(C)(C)C. The van der Waals surface area contributed by atoms with Crippen molar-refractivity contribution in [2.45, 2.75) is 83.8 Å². The Morgan fingerprint density at radius 3 is 2.43 bits per heavy atom. The zero-order valence-electron chi connectivity index (χ0n) is 24.5. The van der Waals surface area contributed by atoms with Crippen LogP contribution in [0.4, 0.5) is 4.79 Å². The number of benzene rings is 1. The summed E-state index contributed by atoms with van der Waals surface area (Å²) in [6, 6.07) is 7.38. The Morgan fingerprint density at radius 1 is 1.00 bits per heavy atom. The summed E-state index contributed by atoms with van der Waals surface area (Å²) in [5.41, 5.74) is 1.93. The number of ether oxygens (including phenoxy) is 1. The van der Waals surface area contributed by atoms with E-state index in [2.05, 4.69) is 27.5 Å². The molecule has 0 spiro atoms. The molecule has 42 heavy (non-hydrogen) atoms. The van der Waals surface area contributed by atoms with Crippen molar-refractivity contribution in [3.63, 3.8) is 0 Å². The van der Waals surface area contributed by atoms with E-state index >= 15 is 0 Å². The van der Waals surface area contributed by atoms with Crippen LogP contribution in [0.5, 0.6) is 0 Å². The molecule has 1 fully saturated rings. The van der Waals surface area contributed by atoms with Crippen LogP contribution in [0, 0.1) is 0 Å². The van der Waals surface area contributed by atoms with Crippen molar-refractivity contribution in [3.05, 3.63) is 48.3 Å². The van der Waals surface area contributed by atoms with Crippen LogP contribution in [0.3, 0.4) is 0 Å². The first kappa shape index (κ1) is 32.2. The Hall–Kier alpha value is -4.35. The summed E-state index contributed by atoms with van der Waals surface area (Å²) in [7, 11) is 0. The fraction of sp³-hybridized carbons (Fsp3) is 0.500. The Balaban J connectivity index is 1.49. The predicted octanol–water partition coefficient (Wildman–Crippen LogP) is 3.38. The van der Waals surface area contributed by atoms with E-state index in [1.165, 1.54) is 0 Å². The molecule has 0 aliphatic carbocycles. The average Bonchev–Trinajstić information content (AvgIpc) is 3.47. The molecule has 1 atom stereocenters. The largest absolute Gasteiger partial charge is 0.444 e. The van der Waals surface area contributed by atoms with Gasteiger partial charge in [-0.25, -0.2) is 9.59 Å². The monoisotopic (exact) mass is 583 g/mol. The van der Waals surface area contributed by atoms with Gasteiger partial charge in [0.2, 0.25) is 5.91 Å². The van der Waals surface area contributed by atoms with Crippen LogP contribution in [-0.2, 0) is 35.2 Å². The van der Waals surface area contributed by atoms with E-state index < -0.39 is 35.5 Å². The van der Waals surface area contributed by atoms with E-state index in [1.54, 1.807) is 20.8 Å². The molecule has 3 rings (SSSR count). The summed E-state index contributed by atoms with van der Waals surface area (Å²) < 4.78 is 5.21. The number of rotatable bonds is 15. The van der Waals surface area contributed by atoms with Crippen LogP contribution >= 0.6 is 0 Å². The highest BCUT2D eigenvalue weighted by Crippen LogP contribution is 2.20. The number of unbranched alkanes of at least 4 members (excludes halogenated alkanes) is 2. The maximum absolute atomic E-state index is 12.9. The summed E-state index contributed by atoms with van der Waals surface area (Å²) in [6.45, 7) is 10.1. The van der Waals surface area contributed by atoms with Crippen LogP contribution < -0.4 is 16.0 Å². The molecule has 228 valence electrons. The number of imide groups is 1. The van der Waals surface area contributed by atoms with Gasteiger partial charge in [-0.15, -0.1) is 5.06 Å². The number of nitrogens with zero attached hydrogens (tertiary/aromatic N) is 1. The lowest BCUT2D eigenvalue weighted by Crippen LogP contribution is -2.42. The molecule has 4 amide bonds. The van der Waals surface area contributed by atoms with Crippen molar-refractivity contribution in [2.75, 3.05) is 13.1 Å². The molecule has 4 N–H and O–H groups in total. The summed E-state index contributed by atoms with van der Waals surface area (Å²) in [4.78, 5) is 68.3. The van der Waals surface area contributed by atoms with Crippen molar-refractivity contribution < 1.29 is 33.5 Å². The third-order valence-electron chi connectivity index (χ3n) is 6.48. The minimum absolute atomic E-state index is 0.0271.